The standard InChI is InChI=1S/C25H26N2O5S/c1-4-32-25(29)21-9-13-22(14-10-21)26-24(28)20-11-15-23(16-12-20)27(33(3,30)31)17-19-7-5-18(2)6-8-19/h5-16H,4,17H2,1-3H3,(H,26,28). The van der Waals surface area contributed by atoms with E-state index in [1.54, 1.807) is 55.5 Å². The Balaban J connectivity index is 1.72. The van der Waals surface area contributed by atoms with Crippen molar-refractivity contribution in [3.05, 3.63) is 95.1 Å². The lowest BCUT2D eigenvalue weighted by Crippen LogP contribution is -2.29. The number of carbonyl (C=O) groups excluding carboxylic acids is 2. The Kier molecular flexibility index (Phi) is 7.50. The van der Waals surface area contributed by atoms with E-state index in [0.29, 0.717) is 22.5 Å². The van der Waals surface area contributed by atoms with Crippen molar-refractivity contribution in [1.82, 2.24) is 0 Å². The largest absolute Gasteiger partial charge is 0.462 e. The molecule has 0 unspecified atom stereocenters. The Labute approximate surface area is 194 Å². The van der Waals surface area contributed by atoms with Gasteiger partial charge >= 0.3 is 5.97 Å². The number of aryl methyl sites for hydroxylation is 1. The van der Waals surface area contributed by atoms with Crippen molar-refractivity contribution >= 4 is 33.3 Å². The topological polar surface area (TPSA) is 92.8 Å². The Morgan fingerprint density at radius 2 is 1.45 bits per heavy atom. The van der Waals surface area contributed by atoms with Gasteiger partial charge in [-0.1, -0.05) is 29.8 Å². The normalized spacial score (nSPS) is 11.0. The van der Waals surface area contributed by atoms with Crippen molar-refractivity contribution in [2.45, 2.75) is 20.4 Å². The van der Waals surface area contributed by atoms with E-state index in [-0.39, 0.29) is 19.1 Å². The Hall–Kier alpha value is -3.65. The fraction of sp³-hybridized carbons (Fsp3) is 0.200. The molecule has 0 aromatic heterocycles. The zero-order valence-corrected chi connectivity index (χ0v) is 19.6. The Morgan fingerprint density at radius 3 is 2.00 bits per heavy atom. The summed E-state index contributed by atoms with van der Waals surface area (Å²) in [5.41, 5.74) is 3.71. The maximum absolute atomic E-state index is 12.6. The molecule has 0 fully saturated rings. The molecular formula is C25H26N2O5S. The maximum atomic E-state index is 12.6. The molecule has 0 spiro atoms. The molecule has 0 aliphatic rings. The van der Waals surface area contributed by atoms with Gasteiger partial charge in [0.1, 0.15) is 0 Å². The third-order valence-corrected chi connectivity index (χ3v) is 6.06. The summed E-state index contributed by atoms with van der Waals surface area (Å²) < 4.78 is 31.0. The van der Waals surface area contributed by atoms with Gasteiger partial charge in [0.25, 0.3) is 5.91 Å². The minimum absolute atomic E-state index is 0.192. The van der Waals surface area contributed by atoms with Gasteiger partial charge in [-0.3, -0.25) is 9.10 Å². The first-order valence-corrected chi connectivity index (χ1v) is 12.2. The zero-order chi connectivity index (χ0) is 24.0. The predicted octanol–water partition coefficient (Wildman–Crippen LogP) is 4.39. The second kappa shape index (κ2) is 10.3. The summed E-state index contributed by atoms with van der Waals surface area (Å²) in [6.07, 6.45) is 1.15. The van der Waals surface area contributed by atoms with E-state index in [1.165, 1.54) is 4.31 Å². The monoisotopic (exact) mass is 466 g/mol. The van der Waals surface area contributed by atoms with Gasteiger partial charge in [-0.05, 0) is 67.9 Å². The summed E-state index contributed by atoms with van der Waals surface area (Å²) in [6, 6.07) is 20.4. The van der Waals surface area contributed by atoms with Crippen LogP contribution in [-0.2, 0) is 21.3 Å². The average Bonchev–Trinajstić information content (AvgIpc) is 2.78. The van der Waals surface area contributed by atoms with Crippen LogP contribution in [-0.4, -0.2) is 33.2 Å². The highest BCUT2D eigenvalue weighted by Gasteiger charge is 2.18. The number of nitrogens with one attached hydrogen (secondary N) is 1. The molecule has 1 N–H and O–H groups in total. The molecule has 33 heavy (non-hydrogen) atoms. The van der Waals surface area contributed by atoms with Gasteiger partial charge in [-0.2, -0.15) is 0 Å². The zero-order valence-electron chi connectivity index (χ0n) is 18.7. The van der Waals surface area contributed by atoms with Crippen molar-refractivity contribution in [3.8, 4) is 0 Å². The molecule has 0 radical (unpaired) electrons. The SMILES string of the molecule is CCOC(=O)c1ccc(NC(=O)c2ccc(N(Cc3ccc(C)cc3)S(C)(=O)=O)cc2)cc1. The van der Waals surface area contributed by atoms with E-state index in [0.717, 1.165) is 17.4 Å². The van der Waals surface area contributed by atoms with E-state index in [4.69, 9.17) is 4.74 Å². The van der Waals surface area contributed by atoms with Crippen LogP contribution in [0.1, 0.15) is 38.8 Å². The number of nitrogens with zero attached hydrogens (tertiary/aromatic N) is 1. The van der Waals surface area contributed by atoms with E-state index in [2.05, 4.69) is 5.32 Å². The van der Waals surface area contributed by atoms with Crippen LogP contribution in [0.2, 0.25) is 0 Å². The third-order valence-electron chi connectivity index (χ3n) is 4.92. The predicted molar refractivity (Wildman–Crippen MR) is 129 cm³/mol. The molecule has 3 aromatic carbocycles. The van der Waals surface area contributed by atoms with E-state index < -0.39 is 16.0 Å². The van der Waals surface area contributed by atoms with Crippen LogP contribution in [0, 0.1) is 6.92 Å². The van der Waals surface area contributed by atoms with E-state index in [1.807, 2.05) is 31.2 Å². The van der Waals surface area contributed by atoms with Gasteiger partial charge in [0.05, 0.1) is 30.7 Å². The molecule has 8 heteroatoms. The van der Waals surface area contributed by atoms with Gasteiger partial charge in [-0.15, -0.1) is 0 Å². The first-order valence-electron chi connectivity index (χ1n) is 10.4. The van der Waals surface area contributed by atoms with Crippen molar-refractivity contribution < 1.29 is 22.7 Å². The highest BCUT2D eigenvalue weighted by molar-refractivity contribution is 7.92. The van der Waals surface area contributed by atoms with Gasteiger partial charge < -0.3 is 10.1 Å². The number of hydrogen-bond donors (Lipinski definition) is 1. The molecule has 3 rings (SSSR count). The van der Waals surface area contributed by atoms with Crippen molar-refractivity contribution in [2.75, 3.05) is 22.5 Å². The van der Waals surface area contributed by atoms with Gasteiger partial charge in [-0.25, -0.2) is 13.2 Å². The van der Waals surface area contributed by atoms with Crippen LogP contribution >= 0.6 is 0 Å². The van der Waals surface area contributed by atoms with Crippen molar-refractivity contribution in [3.63, 3.8) is 0 Å². The number of anilines is 2. The summed E-state index contributed by atoms with van der Waals surface area (Å²) >= 11 is 0. The van der Waals surface area contributed by atoms with Gasteiger partial charge in [0.15, 0.2) is 0 Å². The molecule has 0 atom stereocenters. The third kappa shape index (κ3) is 6.43. The van der Waals surface area contributed by atoms with Crippen LogP contribution in [0.25, 0.3) is 0 Å². The number of hydrogen-bond acceptors (Lipinski definition) is 5. The lowest BCUT2D eigenvalue weighted by Gasteiger charge is -2.23. The second-order valence-electron chi connectivity index (χ2n) is 7.55. The summed E-state index contributed by atoms with van der Waals surface area (Å²) in [6.45, 7) is 4.18. The summed E-state index contributed by atoms with van der Waals surface area (Å²) in [5, 5.41) is 2.76. The molecule has 1 amide bonds. The first-order chi connectivity index (χ1) is 15.7. The maximum Gasteiger partial charge on any atom is 0.338 e. The lowest BCUT2D eigenvalue weighted by molar-refractivity contribution is 0.0526. The summed E-state index contributed by atoms with van der Waals surface area (Å²) in [4.78, 5) is 24.3. The summed E-state index contributed by atoms with van der Waals surface area (Å²) in [5.74, 6) is -0.776. The smallest absolute Gasteiger partial charge is 0.338 e. The Morgan fingerprint density at radius 1 is 0.879 bits per heavy atom. The lowest BCUT2D eigenvalue weighted by atomic mass is 10.1. The molecule has 0 aliphatic carbocycles. The number of rotatable bonds is 8. The van der Waals surface area contributed by atoms with Crippen LogP contribution < -0.4 is 9.62 Å². The highest BCUT2D eigenvalue weighted by Crippen LogP contribution is 2.22. The summed E-state index contributed by atoms with van der Waals surface area (Å²) in [7, 11) is -3.53. The molecule has 0 saturated carbocycles. The number of ether oxygens (including phenoxy) is 1. The van der Waals surface area contributed by atoms with Crippen LogP contribution in [0.15, 0.2) is 72.8 Å². The second-order valence-corrected chi connectivity index (χ2v) is 9.46. The highest BCUT2D eigenvalue weighted by atomic mass is 32.2. The van der Waals surface area contributed by atoms with E-state index >= 15 is 0 Å². The van der Waals surface area contributed by atoms with Crippen molar-refractivity contribution in [1.29, 1.82) is 0 Å². The molecule has 7 nitrogen and oxygen atoms in total. The van der Waals surface area contributed by atoms with Crippen molar-refractivity contribution in [2.24, 2.45) is 0 Å². The van der Waals surface area contributed by atoms with Gasteiger partial charge in [0, 0.05) is 11.3 Å². The molecule has 172 valence electrons. The van der Waals surface area contributed by atoms with Crippen LogP contribution in [0.4, 0.5) is 11.4 Å². The van der Waals surface area contributed by atoms with E-state index in [9.17, 15) is 18.0 Å². The molecule has 0 aliphatic heterocycles. The Bertz CT molecular complexity index is 1220. The van der Waals surface area contributed by atoms with Crippen LogP contribution in [0.5, 0.6) is 0 Å². The fourth-order valence-corrected chi connectivity index (χ4v) is 4.03. The number of amides is 1. The number of esters is 1. The number of carbonyl (C=O) groups is 2. The molecule has 3 aromatic rings. The quantitative estimate of drug-likeness (QED) is 0.497. The molecular weight excluding hydrogens is 440 g/mol. The minimum Gasteiger partial charge on any atom is -0.462 e. The number of sulfonamides is 1. The average molecular weight is 467 g/mol. The first kappa shape index (κ1) is 24.0. The fourth-order valence-electron chi connectivity index (χ4n) is 3.15. The van der Waals surface area contributed by atoms with Crippen LogP contribution in [0.3, 0.4) is 0 Å². The molecule has 0 heterocycles. The minimum atomic E-state index is -3.53. The molecule has 0 saturated heterocycles. The molecule has 0 bridgehead atoms. The van der Waals surface area contributed by atoms with Gasteiger partial charge in [0.2, 0.25) is 10.0 Å². The number of benzene rings is 3.